The monoisotopic (exact) mass is 316 g/mol. The van der Waals surface area contributed by atoms with Crippen molar-refractivity contribution in [2.45, 2.75) is 32.6 Å². The number of carbonyl (C=O) groups is 2. The molecule has 0 saturated carbocycles. The quantitative estimate of drug-likeness (QED) is 0.617. The zero-order valence-corrected chi connectivity index (χ0v) is 13.3. The van der Waals surface area contributed by atoms with Crippen LogP contribution in [0.5, 0.6) is 5.75 Å². The van der Waals surface area contributed by atoms with Crippen molar-refractivity contribution in [3.05, 3.63) is 36.4 Å². The first-order valence-corrected chi connectivity index (χ1v) is 8.01. The summed E-state index contributed by atoms with van der Waals surface area (Å²) in [5, 5.41) is 13.9. The number of carbonyl (C=O) groups excluding carboxylic acids is 2. The van der Waals surface area contributed by atoms with Gasteiger partial charge in [0.15, 0.2) is 0 Å². The van der Waals surface area contributed by atoms with Crippen LogP contribution in [0.1, 0.15) is 32.6 Å². The van der Waals surface area contributed by atoms with Gasteiger partial charge in [0.05, 0.1) is 12.5 Å². The van der Waals surface area contributed by atoms with Gasteiger partial charge < -0.3 is 20.0 Å². The number of rotatable bonds is 7. The Hall–Kier alpha value is -2.30. The van der Waals surface area contributed by atoms with Crippen LogP contribution in [0.4, 0.5) is 5.69 Å². The van der Waals surface area contributed by atoms with E-state index in [0.717, 1.165) is 18.6 Å². The largest absolute Gasteiger partial charge is 0.550 e. The average molecular weight is 316 g/mol. The van der Waals surface area contributed by atoms with Crippen LogP contribution in [0.2, 0.25) is 0 Å². The first-order valence-electron chi connectivity index (χ1n) is 8.01. The summed E-state index contributed by atoms with van der Waals surface area (Å²) in [7, 11) is 0. The Morgan fingerprint density at radius 3 is 2.43 bits per heavy atom. The number of allylic oxidation sites excluding steroid dienone is 2. The predicted molar refractivity (Wildman–Crippen MR) is 85.8 cm³/mol. The molecular formula is C18H22NO4-. The van der Waals surface area contributed by atoms with Crippen molar-refractivity contribution >= 4 is 17.6 Å². The van der Waals surface area contributed by atoms with Crippen molar-refractivity contribution in [2.75, 3.05) is 11.9 Å². The molecule has 1 aliphatic carbocycles. The number of hydrogen-bond donors (Lipinski definition) is 1. The van der Waals surface area contributed by atoms with Crippen LogP contribution < -0.4 is 15.2 Å². The van der Waals surface area contributed by atoms with Gasteiger partial charge in [0.2, 0.25) is 5.91 Å². The van der Waals surface area contributed by atoms with E-state index in [9.17, 15) is 14.7 Å². The number of amides is 1. The number of carboxylic acid groups (broad SMARTS) is 1. The van der Waals surface area contributed by atoms with Gasteiger partial charge in [0, 0.05) is 17.6 Å². The zero-order chi connectivity index (χ0) is 16.7. The van der Waals surface area contributed by atoms with Crippen LogP contribution in [0.25, 0.3) is 0 Å². The molecule has 5 nitrogen and oxygen atoms in total. The second kappa shape index (κ2) is 8.36. The van der Waals surface area contributed by atoms with Crippen molar-refractivity contribution in [3.63, 3.8) is 0 Å². The Bertz CT molecular complexity index is 565. The summed E-state index contributed by atoms with van der Waals surface area (Å²) in [6, 6.07) is 7.10. The fraction of sp³-hybridized carbons (Fsp3) is 0.444. The number of ether oxygens (including phenoxy) is 1. The van der Waals surface area contributed by atoms with Crippen LogP contribution in [0.3, 0.4) is 0 Å². The maximum atomic E-state index is 12.3. The number of unbranched alkanes of at least 4 members (excludes halogenated alkanes) is 1. The lowest BCUT2D eigenvalue weighted by Crippen LogP contribution is -2.41. The van der Waals surface area contributed by atoms with Crippen LogP contribution in [0, 0.1) is 11.8 Å². The number of hydrogen-bond acceptors (Lipinski definition) is 4. The summed E-state index contributed by atoms with van der Waals surface area (Å²) >= 11 is 0. The summed E-state index contributed by atoms with van der Waals surface area (Å²) < 4.78 is 5.56. The third-order valence-electron chi connectivity index (χ3n) is 3.96. The van der Waals surface area contributed by atoms with Gasteiger partial charge in [-0.25, -0.2) is 0 Å². The van der Waals surface area contributed by atoms with Crippen LogP contribution >= 0.6 is 0 Å². The Labute approximate surface area is 136 Å². The van der Waals surface area contributed by atoms with Gasteiger partial charge in [0.25, 0.3) is 0 Å². The molecule has 1 aliphatic rings. The lowest BCUT2D eigenvalue weighted by Gasteiger charge is -2.28. The number of anilines is 1. The third kappa shape index (κ3) is 4.84. The van der Waals surface area contributed by atoms with Crippen LogP contribution in [0.15, 0.2) is 36.4 Å². The van der Waals surface area contributed by atoms with E-state index in [-0.39, 0.29) is 5.91 Å². The van der Waals surface area contributed by atoms with E-state index < -0.39 is 17.8 Å². The maximum Gasteiger partial charge on any atom is 0.228 e. The van der Waals surface area contributed by atoms with Gasteiger partial charge >= 0.3 is 0 Å². The van der Waals surface area contributed by atoms with Gasteiger partial charge in [0.1, 0.15) is 5.75 Å². The molecule has 0 unspecified atom stereocenters. The molecule has 0 radical (unpaired) electrons. The average Bonchev–Trinajstić information content (AvgIpc) is 2.56. The van der Waals surface area contributed by atoms with Crippen molar-refractivity contribution in [3.8, 4) is 5.75 Å². The Morgan fingerprint density at radius 2 is 1.83 bits per heavy atom. The highest BCUT2D eigenvalue weighted by atomic mass is 16.5. The predicted octanol–water partition coefficient (Wildman–Crippen LogP) is 2.14. The molecule has 0 aliphatic heterocycles. The normalized spacial score (nSPS) is 20.0. The van der Waals surface area contributed by atoms with Gasteiger partial charge in [-0.2, -0.15) is 0 Å². The Morgan fingerprint density at radius 1 is 1.17 bits per heavy atom. The maximum absolute atomic E-state index is 12.3. The van der Waals surface area contributed by atoms with Crippen LogP contribution in [-0.4, -0.2) is 18.5 Å². The third-order valence-corrected chi connectivity index (χ3v) is 3.96. The van der Waals surface area contributed by atoms with Gasteiger partial charge in [-0.05, 0) is 43.5 Å². The van der Waals surface area contributed by atoms with Gasteiger partial charge in [-0.1, -0.05) is 25.5 Å². The minimum Gasteiger partial charge on any atom is -0.550 e. The molecule has 2 rings (SSSR count). The molecule has 23 heavy (non-hydrogen) atoms. The lowest BCUT2D eigenvalue weighted by molar-refractivity contribution is -0.313. The highest BCUT2D eigenvalue weighted by Gasteiger charge is 2.29. The van der Waals surface area contributed by atoms with E-state index in [1.165, 1.54) is 0 Å². The summed E-state index contributed by atoms with van der Waals surface area (Å²) in [5.41, 5.74) is 0.629. The summed E-state index contributed by atoms with van der Waals surface area (Å²) in [6.45, 7) is 2.77. The first kappa shape index (κ1) is 17.1. The summed E-state index contributed by atoms with van der Waals surface area (Å²) in [5.74, 6) is -2.07. The molecule has 1 amide bonds. The van der Waals surface area contributed by atoms with Gasteiger partial charge in [-0.3, -0.25) is 4.79 Å². The number of benzene rings is 1. The number of nitrogens with one attached hydrogen (secondary N) is 1. The fourth-order valence-electron chi connectivity index (χ4n) is 2.57. The van der Waals surface area contributed by atoms with Crippen molar-refractivity contribution in [1.82, 2.24) is 0 Å². The molecule has 0 aromatic heterocycles. The zero-order valence-electron chi connectivity index (χ0n) is 13.3. The van der Waals surface area contributed by atoms with Crippen molar-refractivity contribution in [2.24, 2.45) is 11.8 Å². The molecule has 2 atom stereocenters. The molecule has 124 valence electrons. The van der Waals surface area contributed by atoms with E-state index in [1.807, 2.05) is 6.08 Å². The van der Waals surface area contributed by atoms with Crippen molar-refractivity contribution < 1.29 is 19.4 Å². The minimum absolute atomic E-state index is 0.289. The molecule has 1 N–H and O–H groups in total. The van der Waals surface area contributed by atoms with E-state index in [0.29, 0.717) is 25.1 Å². The van der Waals surface area contributed by atoms with E-state index in [4.69, 9.17) is 4.74 Å². The molecule has 0 saturated heterocycles. The van der Waals surface area contributed by atoms with E-state index >= 15 is 0 Å². The van der Waals surface area contributed by atoms with Crippen LogP contribution in [-0.2, 0) is 9.59 Å². The highest BCUT2D eigenvalue weighted by molar-refractivity contribution is 5.95. The molecule has 0 fully saturated rings. The number of carboxylic acids is 1. The summed E-state index contributed by atoms with van der Waals surface area (Å²) in [4.78, 5) is 23.5. The fourth-order valence-corrected chi connectivity index (χ4v) is 2.57. The SMILES string of the molecule is CCCCOc1ccc(NC(=O)[C@@H]2CC=CC[C@H]2C(=O)[O-])cc1. The Balaban J connectivity index is 1.94. The molecule has 0 spiro atoms. The standard InChI is InChI=1S/C18H23NO4/c1-2-3-12-23-14-10-8-13(9-11-14)19-17(20)15-6-4-5-7-16(15)18(21)22/h4-5,8-11,15-16H,2-3,6-7,12H2,1H3,(H,19,20)(H,21,22)/p-1/t15-,16-/m1/s1. The molecule has 0 heterocycles. The molecule has 5 heteroatoms. The van der Waals surface area contributed by atoms with E-state index in [2.05, 4.69) is 12.2 Å². The molecule has 1 aromatic carbocycles. The first-order chi connectivity index (χ1) is 11.1. The molecule has 0 bridgehead atoms. The topological polar surface area (TPSA) is 78.5 Å². The Kier molecular flexibility index (Phi) is 6.20. The van der Waals surface area contributed by atoms with Crippen molar-refractivity contribution in [1.29, 1.82) is 0 Å². The lowest BCUT2D eigenvalue weighted by atomic mass is 9.82. The second-order valence-corrected chi connectivity index (χ2v) is 5.69. The molecular weight excluding hydrogens is 294 g/mol. The molecule has 1 aromatic rings. The smallest absolute Gasteiger partial charge is 0.228 e. The number of aliphatic carboxylic acids is 1. The minimum atomic E-state index is -1.17. The highest BCUT2D eigenvalue weighted by Crippen LogP contribution is 2.27. The second-order valence-electron chi connectivity index (χ2n) is 5.69. The van der Waals surface area contributed by atoms with Gasteiger partial charge in [-0.15, -0.1) is 0 Å². The summed E-state index contributed by atoms with van der Waals surface area (Å²) in [6.07, 6.45) is 6.45. The van der Waals surface area contributed by atoms with E-state index in [1.54, 1.807) is 30.3 Å².